The molecule has 0 saturated carbocycles. The minimum absolute atomic E-state index is 0.0276. The molecule has 3 aromatic rings. The Morgan fingerprint density at radius 3 is 2.34 bits per heavy atom. The number of hydrogen-bond acceptors (Lipinski definition) is 5. The molecule has 0 fully saturated rings. The van der Waals surface area contributed by atoms with Gasteiger partial charge in [0.05, 0.1) is 21.1 Å². The second-order valence-electron chi connectivity index (χ2n) is 7.12. The maximum absolute atomic E-state index is 13.9. The summed E-state index contributed by atoms with van der Waals surface area (Å²) in [6.07, 6.45) is 1.43. The second kappa shape index (κ2) is 12.3. The van der Waals surface area contributed by atoms with Crippen LogP contribution in [0.1, 0.15) is 28.4 Å². The van der Waals surface area contributed by atoms with Gasteiger partial charge in [-0.1, -0.05) is 18.2 Å². The van der Waals surface area contributed by atoms with Crippen LogP contribution in [0.5, 0.6) is 5.75 Å². The van der Waals surface area contributed by atoms with E-state index in [1.807, 2.05) is 6.07 Å². The topological polar surface area (TPSA) is 88.4 Å². The fourth-order valence-corrected chi connectivity index (χ4v) is 4.43. The third-order valence-corrected chi connectivity index (χ3v) is 5.86. The molecule has 1 N–H and O–H groups in total. The lowest BCUT2D eigenvalue weighted by molar-refractivity contribution is -0.112. The van der Waals surface area contributed by atoms with E-state index in [0.717, 1.165) is 0 Å². The zero-order valence-electron chi connectivity index (χ0n) is 18.5. The standard InChI is InChI=1S/C26H19Br2FN2O4/c1-2-34-26(33)17-7-9-20(10-8-17)31-25(32)19(14-30)11-16-12-21(27)24(22(28)13-16)35-15-18-5-3-4-6-23(18)29/h3-13H,2,15H2,1H3,(H,31,32)/b19-11+. The van der Waals surface area contributed by atoms with Gasteiger partial charge in [-0.3, -0.25) is 4.79 Å². The van der Waals surface area contributed by atoms with Crippen LogP contribution in [0.25, 0.3) is 6.08 Å². The van der Waals surface area contributed by atoms with Crippen molar-refractivity contribution in [3.63, 3.8) is 0 Å². The number of nitrogens with zero attached hydrogens (tertiary/aromatic N) is 1. The number of anilines is 1. The number of halogens is 3. The van der Waals surface area contributed by atoms with E-state index in [2.05, 4.69) is 37.2 Å². The molecular weight excluding hydrogens is 583 g/mol. The van der Waals surface area contributed by atoms with Gasteiger partial charge in [0.25, 0.3) is 5.91 Å². The molecule has 0 unspecified atom stereocenters. The van der Waals surface area contributed by atoms with Crippen LogP contribution in [-0.2, 0) is 16.1 Å². The summed E-state index contributed by atoms with van der Waals surface area (Å²) < 4.78 is 25.7. The monoisotopic (exact) mass is 600 g/mol. The molecule has 0 heterocycles. The average molecular weight is 602 g/mol. The summed E-state index contributed by atoms with van der Waals surface area (Å²) in [5, 5.41) is 12.1. The zero-order valence-corrected chi connectivity index (χ0v) is 21.7. The van der Waals surface area contributed by atoms with Crippen LogP contribution in [0.15, 0.2) is 75.2 Å². The van der Waals surface area contributed by atoms with E-state index in [9.17, 15) is 19.2 Å². The van der Waals surface area contributed by atoms with Crippen molar-refractivity contribution in [2.24, 2.45) is 0 Å². The predicted octanol–water partition coefficient (Wildman–Crippen LogP) is 6.65. The highest BCUT2D eigenvalue weighted by Crippen LogP contribution is 2.36. The fraction of sp³-hybridized carbons (Fsp3) is 0.115. The average Bonchev–Trinajstić information content (AvgIpc) is 2.83. The van der Waals surface area contributed by atoms with Crippen molar-refractivity contribution in [1.82, 2.24) is 0 Å². The largest absolute Gasteiger partial charge is 0.486 e. The van der Waals surface area contributed by atoms with E-state index in [1.165, 1.54) is 24.3 Å². The normalized spacial score (nSPS) is 10.9. The zero-order chi connectivity index (χ0) is 25.4. The maximum atomic E-state index is 13.9. The summed E-state index contributed by atoms with van der Waals surface area (Å²) in [4.78, 5) is 24.4. The van der Waals surface area contributed by atoms with Gasteiger partial charge in [-0.05, 0) is 92.9 Å². The van der Waals surface area contributed by atoms with Gasteiger partial charge < -0.3 is 14.8 Å². The molecule has 35 heavy (non-hydrogen) atoms. The van der Waals surface area contributed by atoms with Gasteiger partial charge in [-0.15, -0.1) is 0 Å². The summed E-state index contributed by atoms with van der Waals surface area (Å²) in [6.45, 7) is 2.00. The Balaban J connectivity index is 1.73. The molecule has 0 aromatic heterocycles. The number of benzene rings is 3. The Bertz CT molecular complexity index is 1290. The second-order valence-corrected chi connectivity index (χ2v) is 8.82. The molecule has 0 aliphatic carbocycles. The molecular formula is C26H19Br2FN2O4. The van der Waals surface area contributed by atoms with E-state index in [-0.39, 0.29) is 24.6 Å². The van der Waals surface area contributed by atoms with E-state index >= 15 is 0 Å². The van der Waals surface area contributed by atoms with Crippen LogP contribution in [0.3, 0.4) is 0 Å². The number of rotatable bonds is 8. The van der Waals surface area contributed by atoms with Crippen LogP contribution >= 0.6 is 31.9 Å². The first-order chi connectivity index (χ1) is 16.8. The SMILES string of the molecule is CCOC(=O)c1ccc(NC(=O)/C(C#N)=C/c2cc(Br)c(OCc3ccccc3F)c(Br)c2)cc1. The van der Waals surface area contributed by atoms with Crippen molar-refractivity contribution in [1.29, 1.82) is 5.26 Å². The number of ether oxygens (including phenoxy) is 2. The quantitative estimate of drug-likeness (QED) is 0.177. The van der Waals surface area contributed by atoms with Crippen LogP contribution in [-0.4, -0.2) is 18.5 Å². The predicted molar refractivity (Wildman–Crippen MR) is 137 cm³/mol. The highest BCUT2D eigenvalue weighted by molar-refractivity contribution is 9.11. The highest BCUT2D eigenvalue weighted by Gasteiger charge is 2.14. The number of carbonyl (C=O) groups is 2. The van der Waals surface area contributed by atoms with Crippen LogP contribution < -0.4 is 10.1 Å². The van der Waals surface area contributed by atoms with Crippen LogP contribution in [0, 0.1) is 17.1 Å². The maximum Gasteiger partial charge on any atom is 0.338 e. The molecule has 0 atom stereocenters. The number of nitriles is 1. The lowest BCUT2D eigenvalue weighted by Crippen LogP contribution is -2.13. The molecule has 0 saturated heterocycles. The van der Waals surface area contributed by atoms with E-state index in [4.69, 9.17) is 9.47 Å². The Morgan fingerprint density at radius 2 is 1.74 bits per heavy atom. The van der Waals surface area contributed by atoms with E-state index < -0.39 is 11.9 Å². The van der Waals surface area contributed by atoms with Crippen molar-refractivity contribution in [3.8, 4) is 11.8 Å². The molecule has 178 valence electrons. The Morgan fingerprint density at radius 1 is 1.09 bits per heavy atom. The van der Waals surface area contributed by atoms with Crippen molar-refractivity contribution < 1.29 is 23.5 Å². The molecule has 0 bridgehead atoms. The summed E-state index contributed by atoms with van der Waals surface area (Å²) in [7, 11) is 0. The highest BCUT2D eigenvalue weighted by atomic mass is 79.9. The first-order valence-electron chi connectivity index (χ1n) is 10.4. The van der Waals surface area contributed by atoms with Crippen LogP contribution in [0.4, 0.5) is 10.1 Å². The molecule has 0 aliphatic heterocycles. The summed E-state index contributed by atoms with van der Waals surface area (Å²) in [6, 6.07) is 17.7. The number of nitrogens with one attached hydrogen (secondary N) is 1. The number of esters is 1. The summed E-state index contributed by atoms with van der Waals surface area (Å²) in [5.74, 6) is -0.974. The van der Waals surface area contributed by atoms with Crippen molar-refractivity contribution >= 4 is 55.5 Å². The Labute approximate surface area is 218 Å². The molecule has 0 spiro atoms. The minimum atomic E-state index is -0.608. The van der Waals surface area contributed by atoms with Gasteiger partial charge >= 0.3 is 5.97 Å². The smallest absolute Gasteiger partial charge is 0.338 e. The lowest BCUT2D eigenvalue weighted by Gasteiger charge is -2.12. The summed E-state index contributed by atoms with van der Waals surface area (Å²) >= 11 is 6.85. The number of hydrogen-bond donors (Lipinski definition) is 1. The lowest BCUT2D eigenvalue weighted by atomic mass is 10.1. The van der Waals surface area contributed by atoms with Gasteiger partial charge in [0.1, 0.15) is 29.8 Å². The molecule has 9 heteroatoms. The third-order valence-electron chi connectivity index (χ3n) is 4.68. The number of amides is 1. The van der Waals surface area contributed by atoms with Gasteiger partial charge in [0.15, 0.2) is 0 Å². The third kappa shape index (κ3) is 7.01. The number of carbonyl (C=O) groups excluding carboxylic acids is 2. The van der Waals surface area contributed by atoms with Crippen molar-refractivity contribution in [2.75, 3.05) is 11.9 Å². The minimum Gasteiger partial charge on any atom is -0.486 e. The van der Waals surface area contributed by atoms with Gasteiger partial charge in [-0.2, -0.15) is 5.26 Å². The van der Waals surface area contributed by atoms with Gasteiger partial charge in [-0.25, -0.2) is 9.18 Å². The fourth-order valence-electron chi connectivity index (χ4n) is 2.98. The van der Waals surface area contributed by atoms with E-state index in [1.54, 1.807) is 49.4 Å². The van der Waals surface area contributed by atoms with Crippen LogP contribution in [0.2, 0.25) is 0 Å². The van der Waals surface area contributed by atoms with E-state index in [0.29, 0.717) is 37.1 Å². The molecule has 0 aliphatic rings. The van der Waals surface area contributed by atoms with Gasteiger partial charge in [0.2, 0.25) is 0 Å². The molecule has 3 aromatic carbocycles. The summed E-state index contributed by atoms with van der Waals surface area (Å²) in [5.41, 5.74) is 1.62. The Kier molecular flexibility index (Phi) is 9.18. The van der Waals surface area contributed by atoms with Crippen molar-refractivity contribution in [3.05, 3.63) is 97.7 Å². The van der Waals surface area contributed by atoms with Crippen molar-refractivity contribution in [2.45, 2.75) is 13.5 Å². The first-order valence-corrected chi connectivity index (χ1v) is 12.0. The first kappa shape index (κ1) is 26.1. The van der Waals surface area contributed by atoms with Gasteiger partial charge in [0, 0.05) is 11.3 Å². The molecule has 1 amide bonds. The molecule has 3 rings (SSSR count). The molecule has 6 nitrogen and oxygen atoms in total. The Hall–Kier alpha value is -3.48. The molecule has 0 radical (unpaired) electrons.